The second kappa shape index (κ2) is 9.55. The molecule has 2 aromatic heterocycles. The summed E-state index contributed by atoms with van der Waals surface area (Å²) >= 11 is 0. The van der Waals surface area contributed by atoms with E-state index in [1.807, 2.05) is 79.3 Å². The molecule has 3 N–H and O–H groups in total. The normalized spacial score (nSPS) is 13.0. The van der Waals surface area contributed by atoms with Gasteiger partial charge in [0.2, 0.25) is 0 Å². The molecule has 0 saturated carbocycles. The third-order valence-corrected chi connectivity index (χ3v) is 5.42. The van der Waals surface area contributed by atoms with Crippen molar-refractivity contribution in [1.29, 1.82) is 0 Å². The van der Waals surface area contributed by atoms with Crippen LogP contribution in [0.4, 0.5) is 4.79 Å². The van der Waals surface area contributed by atoms with Crippen molar-refractivity contribution in [3.05, 3.63) is 77.9 Å². The number of nitrogens with zero attached hydrogens (tertiary/aromatic N) is 3. The fourth-order valence-electron chi connectivity index (χ4n) is 3.61. The van der Waals surface area contributed by atoms with Gasteiger partial charge in [-0.3, -0.25) is 4.68 Å². The summed E-state index contributed by atoms with van der Waals surface area (Å²) in [6, 6.07) is 16.7. The summed E-state index contributed by atoms with van der Waals surface area (Å²) in [7, 11) is 1.64. The summed E-state index contributed by atoms with van der Waals surface area (Å²) in [6.07, 6.45) is 2.49. The van der Waals surface area contributed by atoms with Crippen LogP contribution in [0.5, 0.6) is 5.75 Å². The number of imidazole rings is 1. The number of methoxy groups -OCH3 is 1. The average Bonchev–Trinajstić information content (AvgIpc) is 3.46. The van der Waals surface area contributed by atoms with Gasteiger partial charge in [-0.2, -0.15) is 5.10 Å². The first-order valence-electron chi connectivity index (χ1n) is 10.7. The fraction of sp³-hybridized carbons (Fsp3) is 0.292. The molecule has 0 bridgehead atoms. The van der Waals surface area contributed by atoms with Crippen LogP contribution in [0.3, 0.4) is 0 Å². The smallest absolute Gasteiger partial charge is 0.315 e. The second-order valence-corrected chi connectivity index (χ2v) is 7.68. The highest BCUT2D eigenvalue weighted by atomic mass is 16.5. The summed E-state index contributed by atoms with van der Waals surface area (Å²) < 4.78 is 7.09. The number of hydrogen-bond donors (Lipinski definition) is 3. The molecule has 2 amide bonds. The number of ether oxygens (including phenoxy) is 1. The van der Waals surface area contributed by atoms with Crippen LogP contribution in [0.25, 0.3) is 11.0 Å². The van der Waals surface area contributed by atoms with Crippen LogP contribution in [0.2, 0.25) is 0 Å². The van der Waals surface area contributed by atoms with E-state index in [9.17, 15) is 4.79 Å². The topological polar surface area (TPSA) is 96.9 Å². The third-order valence-electron chi connectivity index (χ3n) is 5.42. The molecule has 4 rings (SSSR count). The van der Waals surface area contributed by atoms with Gasteiger partial charge in [0.25, 0.3) is 0 Å². The standard InChI is InChI=1S/C24H28N6O2/c1-4-30-14-13-19(29-30)16(2)25-24(31)28-22(15-17-9-11-18(32-3)12-10-17)23-26-20-7-5-6-8-21(20)27-23/h5-14,16,22H,4,15H2,1-3H3,(H,26,27)(H2,25,28,31)/t16?,22-/m1/s1. The number of aryl methyl sites for hydroxylation is 1. The van der Waals surface area contributed by atoms with Crippen LogP contribution in [0, 0.1) is 0 Å². The summed E-state index contributed by atoms with van der Waals surface area (Å²) in [4.78, 5) is 20.9. The minimum absolute atomic E-state index is 0.222. The Labute approximate surface area is 187 Å². The summed E-state index contributed by atoms with van der Waals surface area (Å²) in [6.45, 7) is 4.73. The van der Waals surface area contributed by atoms with Crippen molar-refractivity contribution in [2.45, 2.75) is 38.9 Å². The Morgan fingerprint density at radius 3 is 2.59 bits per heavy atom. The zero-order valence-corrected chi connectivity index (χ0v) is 18.5. The Morgan fingerprint density at radius 2 is 1.91 bits per heavy atom. The molecule has 32 heavy (non-hydrogen) atoms. The molecular formula is C24H28N6O2. The Kier molecular flexibility index (Phi) is 6.39. The molecular weight excluding hydrogens is 404 g/mol. The monoisotopic (exact) mass is 432 g/mol. The molecule has 0 radical (unpaired) electrons. The van der Waals surface area contributed by atoms with Crippen molar-refractivity contribution >= 4 is 17.1 Å². The molecule has 0 aliphatic rings. The average molecular weight is 433 g/mol. The van der Waals surface area contributed by atoms with Crippen LogP contribution >= 0.6 is 0 Å². The molecule has 0 saturated heterocycles. The number of amides is 2. The molecule has 8 heteroatoms. The van der Waals surface area contributed by atoms with Gasteiger partial charge in [-0.25, -0.2) is 9.78 Å². The zero-order chi connectivity index (χ0) is 22.5. The van der Waals surface area contributed by atoms with Gasteiger partial charge in [0, 0.05) is 12.7 Å². The first kappa shape index (κ1) is 21.4. The van der Waals surface area contributed by atoms with Crippen LogP contribution < -0.4 is 15.4 Å². The van der Waals surface area contributed by atoms with E-state index in [0.717, 1.165) is 34.6 Å². The molecule has 2 atom stereocenters. The van der Waals surface area contributed by atoms with Crippen molar-refractivity contribution in [3.63, 3.8) is 0 Å². The number of H-pyrrole nitrogens is 1. The molecule has 0 spiro atoms. The highest BCUT2D eigenvalue weighted by molar-refractivity contribution is 5.76. The van der Waals surface area contributed by atoms with E-state index in [1.165, 1.54) is 0 Å². The number of urea groups is 1. The van der Waals surface area contributed by atoms with Crippen molar-refractivity contribution in [1.82, 2.24) is 30.4 Å². The SMILES string of the molecule is CCn1ccc(C(C)NC(=O)N[C@H](Cc2ccc(OC)cc2)c2nc3ccccc3[nH]2)n1. The lowest BCUT2D eigenvalue weighted by Gasteiger charge is -2.19. The van der Waals surface area contributed by atoms with Gasteiger partial charge in [-0.15, -0.1) is 0 Å². The van der Waals surface area contributed by atoms with Crippen LogP contribution in [0.1, 0.15) is 43.0 Å². The highest BCUT2D eigenvalue weighted by Crippen LogP contribution is 2.21. The second-order valence-electron chi connectivity index (χ2n) is 7.68. The third kappa shape index (κ3) is 4.91. The minimum atomic E-state index is -0.337. The van der Waals surface area contributed by atoms with Gasteiger partial charge in [-0.05, 0) is 56.2 Å². The van der Waals surface area contributed by atoms with E-state index in [1.54, 1.807) is 7.11 Å². The molecule has 2 heterocycles. The van der Waals surface area contributed by atoms with Gasteiger partial charge in [0.1, 0.15) is 11.6 Å². The predicted octanol–water partition coefficient (Wildman–Crippen LogP) is 4.13. The highest BCUT2D eigenvalue weighted by Gasteiger charge is 2.21. The zero-order valence-electron chi connectivity index (χ0n) is 18.5. The maximum absolute atomic E-state index is 12.9. The van der Waals surface area contributed by atoms with E-state index in [-0.39, 0.29) is 18.1 Å². The lowest BCUT2D eigenvalue weighted by atomic mass is 10.1. The number of para-hydroxylation sites is 2. The number of carbonyl (C=O) groups excluding carboxylic acids is 1. The summed E-state index contributed by atoms with van der Waals surface area (Å²) in [5.74, 6) is 1.50. The van der Waals surface area contributed by atoms with Crippen molar-refractivity contribution in [2.75, 3.05) is 7.11 Å². The number of aromatic nitrogens is 4. The molecule has 8 nitrogen and oxygen atoms in total. The number of nitrogens with one attached hydrogen (secondary N) is 3. The lowest BCUT2D eigenvalue weighted by Crippen LogP contribution is -2.40. The molecule has 1 unspecified atom stereocenters. The summed E-state index contributed by atoms with van der Waals surface area (Å²) in [5.41, 5.74) is 3.68. The molecule has 0 aliphatic carbocycles. The largest absolute Gasteiger partial charge is 0.497 e. The molecule has 0 fully saturated rings. The number of rotatable bonds is 8. The molecule has 2 aromatic carbocycles. The van der Waals surface area contributed by atoms with Crippen LogP contribution in [-0.2, 0) is 13.0 Å². The quantitative estimate of drug-likeness (QED) is 0.390. The van der Waals surface area contributed by atoms with Gasteiger partial charge >= 0.3 is 6.03 Å². The van der Waals surface area contributed by atoms with Gasteiger partial charge in [0.05, 0.1) is 35.9 Å². The van der Waals surface area contributed by atoms with Gasteiger partial charge in [-0.1, -0.05) is 24.3 Å². The number of carbonyl (C=O) groups is 1. The molecule has 4 aromatic rings. The Balaban J connectivity index is 1.52. The maximum Gasteiger partial charge on any atom is 0.315 e. The first-order valence-corrected chi connectivity index (χ1v) is 10.7. The van der Waals surface area contributed by atoms with Gasteiger partial charge in [0.15, 0.2) is 0 Å². The predicted molar refractivity (Wildman–Crippen MR) is 124 cm³/mol. The maximum atomic E-state index is 12.9. The Hall–Kier alpha value is -3.81. The number of hydrogen-bond acceptors (Lipinski definition) is 4. The van der Waals surface area contributed by atoms with Crippen molar-refractivity contribution in [2.24, 2.45) is 0 Å². The number of benzene rings is 2. The van der Waals surface area contributed by atoms with Crippen LogP contribution in [0.15, 0.2) is 60.8 Å². The van der Waals surface area contributed by atoms with Crippen molar-refractivity contribution in [3.8, 4) is 5.75 Å². The fourth-order valence-corrected chi connectivity index (χ4v) is 3.61. The lowest BCUT2D eigenvalue weighted by molar-refractivity contribution is 0.233. The van der Waals surface area contributed by atoms with Gasteiger partial charge < -0.3 is 20.4 Å². The van der Waals surface area contributed by atoms with E-state index in [0.29, 0.717) is 12.2 Å². The molecule has 166 valence electrons. The van der Waals surface area contributed by atoms with E-state index < -0.39 is 0 Å². The Bertz CT molecular complexity index is 1150. The van der Waals surface area contributed by atoms with E-state index in [4.69, 9.17) is 9.72 Å². The number of aromatic amines is 1. The first-order chi connectivity index (χ1) is 15.6. The van der Waals surface area contributed by atoms with E-state index in [2.05, 4.69) is 20.7 Å². The minimum Gasteiger partial charge on any atom is -0.497 e. The van der Waals surface area contributed by atoms with Crippen molar-refractivity contribution < 1.29 is 9.53 Å². The number of fused-ring (bicyclic) bond motifs is 1. The Morgan fingerprint density at radius 1 is 1.12 bits per heavy atom. The molecule has 0 aliphatic heterocycles. The van der Waals surface area contributed by atoms with Crippen LogP contribution in [-0.4, -0.2) is 32.9 Å². The van der Waals surface area contributed by atoms with E-state index >= 15 is 0 Å². The summed E-state index contributed by atoms with van der Waals surface area (Å²) in [5, 5.41) is 10.5.